The lowest BCUT2D eigenvalue weighted by atomic mass is 10.3. The molecule has 7 nitrogen and oxygen atoms in total. The van der Waals surface area contributed by atoms with Crippen LogP contribution in [0, 0.1) is 0 Å². The summed E-state index contributed by atoms with van der Waals surface area (Å²) in [7, 11) is -0.407. The minimum Gasteiger partial charge on any atom is -0.335 e. The molecule has 2 aromatic heterocycles. The number of carbonyl (C=O) groups excluding carboxylic acids is 1. The van der Waals surface area contributed by atoms with Crippen molar-refractivity contribution in [1.82, 2.24) is 18.5 Å². The monoisotopic (exact) mass is 386 g/mol. The van der Waals surface area contributed by atoms with Crippen LogP contribution < -0.4 is 0 Å². The Hall–Kier alpha value is -1.33. The maximum absolute atomic E-state index is 12.6. The molecule has 0 unspecified atom stereocenters. The SMILES string of the molecule is CN(C)S(=O)(=O)N1CCN(C(=O)c2csc(-c3ccsc3)n2)CC1. The van der Waals surface area contributed by atoms with Crippen molar-refractivity contribution in [3.63, 3.8) is 0 Å². The van der Waals surface area contributed by atoms with Crippen molar-refractivity contribution in [2.75, 3.05) is 40.3 Å². The van der Waals surface area contributed by atoms with Crippen molar-refractivity contribution in [3.8, 4) is 10.6 Å². The van der Waals surface area contributed by atoms with Crippen LogP contribution in [0.1, 0.15) is 10.5 Å². The summed E-state index contributed by atoms with van der Waals surface area (Å²) in [5.74, 6) is -0.144. The molecule has 0 aromatic carbocycles. The molecule has 10 heteroatoms. The highest BCUT2D eigenvalue weighted by atomic mass is 32.2. The van der Waals surface area contributed by atoms with Crippen molar-refractivity contribution in [3.05, 3.63) is 27.9 Å². The smallest absolute Gasteiger partial charge is 0.281 e. The molecule has 0 N–H and O–H groups in total. The Morgan fingerprint density at radius 3 is 2.50 bits per heavy atom. The fraction of sp³-hybridized carbons (Fsp3) is 0.429. The molecule has 0 spiro atoms. The Kier molecular flexibility index (Phi) is 5.02. The second-order valence-electron chi connectivity index (χ2n) is 5.53. The summed E-state index contributed by atoms with van der Waals surface area (Å²) in [4.78, 5) is 18.6. The minimum absolute atomic E-state index is 0.144. The molecular formula is C14H18N4O3S3. The summed E-state index contributed by atoms with van der Waals surface area (Å²) in [5, 5.41) is 6.56. The number of hydrogen-bond donors (Lipinski definition) is 0. The Bertz CT molecular complexity index is 806. The lowest BCUT2D eigenvalue weighted by Gasteiger charge is -2.34. The van der Waals surface area contributed by atoms with E-state index in [1.54, 1.807) is 21.6 Å². The first-order chi connectivity index (χ1) is 11.4. The van der Waals surface area contributed by atoms with E-state index in [-0.39, 0.29) is 5.91 Å². The molecule has 0 saturated carbocycles. The number of nitrogens with zero attached hydrogens (tertiary/aromatic N) is 4. The van der Waals surface area contributed by atoms with Crippen LogP contribution in [0.4, 0.5) is 0 Å². The van der Waals surface area contributed by atoms with Gasteiger partial charge in [-0.1, -0.05) is 0 Å². The largest absolute Gasteiger partial charge is 0.335 e. The van der Waals surface area contributed by atoms with Gasteiger partial charge in [0.05, 0.1) is 0 Å². The maximum Gasteiger partial charge on any atom is 0.281 e. The molecule has 24 heavy (non-hydrogen) atoms. The summed E-state index contributed by atoms with van der Waals surface area (Å²) >= 11 is 3.03. The van der Waals surface area contributed by atoms with Gasteiger partial charge in [0.25, 0.3) is 16.1 Å². The van der Waals surface area contributed by atoms with Gasteiger partial charge in [-0.25, -0.2) is 4.98 Å². The Balaban J connectivity index is 1.66. The number of amides is 1. The molecule has 3 rings (SSSR count). The predicted octanol–water partition coefficient (Wildman–Crippen LogP) is 1.44. The van der Waals surface area contributed by atoms with Gasteiger partial charge in [-0.2, -0.15) is 28.4 Å². The average Bonchev–Trinajstić information content (AvgIpc) is 3.25. The van der Waals surface area contributed by atoms with Crippen LogP contribution in [0.15, 0.2) is 22.2 Å². The topological polar surface area (TPSA) is 73.8 Å². The van der Waals surface area contributed by atoms with Gasteiger partial charge in [0.15, 0.2) is 0 Å². The summed E-state index contributed by atoms with van der Waals surface area (Å²) in [6.45, 7) is 1.34. The highest BCUT2D eigenvalue weighted by Gasteiger charge is 2.31. The van der Waals surface area contributed by atoms with E-state index in [0.717, 1.165) is 10.6 Å². The van der Waals surface area contributed by atoms with E-state index in [1.165, 1.54) is 34.0 Å². The lowest BCUT2D eigenvalue weighted by Crippen LogP contribution is -2.53. The summed E-state index contributed by atoms with van der Waals surface area (Å²) in [6, 6.07) is 1.97. The maximum atomic E-state index is 12.6. The van der Waals surface area contributed by atoms with E-state index in [9.17, 15) is 13.2 Å². The number of rotatable bonds is 4. The number of piperazine rings is 1. The van der Waals surface area contributed by atoms with E-state index in [2.05, 4.69) is 4.98 Å². The third kappa shape index (κ3) is 3.38. The van der Waals surface area contributed by atoms with Crippen LogP contribution >= 0.6 is 22.7 Å². The fourth-order valence-corrected chi connectivity index (χ4v) is 5.00. The molecule has 0 bridgehead atoms. The van der Waals surface area contributed by atoms with Crippen molar-refractivity contribution in [1.29, 1.82) is 0 Å². The van der Waals surface area contributed by atoms with Crippen LogP contribution in [0.25, 0.3) is 10.6 Å². The number of thiazole rings is 1. The molecule has 0 radical (unpaired) electrons. The van der Waals surface area contributed by atoms with Gasteiger partial charge in [-0.3, -0.25) is 4.79 Å². The highest BCUT2D eigenvalue weighted by Crippen LogP contribution is 2.26. The number of carbonyl (C=O) groups is 1. The van der Waals surface area contributed by atoms with Crippen molar-refractivity contribution < 1.29 is 13.2 Å². The van der Waals surface area contributed by atoms with E-state index in [4.69, 9.17) is 0 Å². The van der Waals surface area contributed by atoms with Crippen LogP contribution in [-0.2, 0) is 10.2 Å². The van der Waals surface area contributed by atoms with Crippen molar-refractivity contribution in [2.45, 2.75) is 0 Å². The zero-order chi connectivity index (χ0) is 17.3. The zero-order valence-corrected chi connectivity index (χ0v) is 15.8. The normalized spacial score (nSPS) is 16.7. The molecule has 1 aliphatic heterocycles. The van der Waals surface area contributed by atoms with Gasteiger partial charge in [0.2, 0.25) is 0 Å². The molecule has 1 amide bonds. The van der Waals surface area contributed by atoms with Gasteiger partial charge >= 0.3 is 0 Å². The molecule has 0 aliphatic carbocycles. The van der Waals surface area contributed by atoms with Crippen molar-refractivity contribution in [2.24, 2.45) is 0 Å². The second kappa shape index (κ2) is 6.89. The quantitative estimate of drug-likeness (QED) is 0.797. The number of aromatic nitrogens is 1. The van der Waals surface area contributed by atoms with Crippen LogP contribution in [0.5, 0.6) is 0 Å². The van der Waals surface area contributed by atoms with Crippen LogP contribution in [-0.4, -0.2) is 73.1 Å². The van der Waals surface area contributed by atoms with E-state index < -0.39 is 10.2 Å². The first kappa shape index (κ1) is 17.5. The summed E-state index contributed by atoms with van der Waals surface area (Å²) in [5.41, 5.74) is 1.44. The second-order valence-corrected chi connectivity index (χ2v) is 9.31. The standard InChI is InChI=1S/C14H18N4O3S3/c1-16(2)24(20,21)18-6-4-17(5-7-18)14(19)12-10-23-13(15-12)11-3-8-22-9-11/h3,8-10H,4-7H2,1-2H3. The Morgan fingerprint density at radius 2 is 1.92 bits per heavy atom. The van der Waals surface area contributed by atoms with Crippen molar-refractivity contribution >= 4 is 38.8 Å². The van der Waals surface area contributed by atoms with Gasteiger partial charge in [0, 0.05) is 56.6 Å². The molecule has 3 heterocycles. The highest BCUT2D eigenvalue weighted by molar-refractivity contribution is 7.86. The van der Waals surface area contributed by atoms with Gasteiger partial charge in [-0.05, 0) is 11.4 Å². The molecule has 2 aromatic rings. The zero-order valence-electron chi connectivity index (χ0n) is 13.4. The Labute approximate surface area is 149 Å². The van der Waals surface area contributed by atoms with Crippen LogP contribution in [0.2, 0.25) is 0 Å². The molecule has 1 saturated heterocycles. The summed E-state index contributed by atoms with van der Waals surface area (Å²) in [6.07, 6.45) is 0. The molecular weight excluding hydrogens is 368 g/mol. The van der Waals surface area contributed by atoms with Gasteiger partial charge in [0.1, 0.15) is 10.7 Å². The average molecular weight is 387 g/mol. The first-order valence-electron chi connectivity index (χ1n) is 7.34. The van der Waals surface area contributed by atoms with E-state index in [1.807, 2.05) is 16.8 Å². The van der Waals surface area contributed by atoms with E-state index in [0.29, 0.717) is 31.9 Å². The predicted molar refractivity (Wildman–Crippen MR) is 95.5 cm³/mol. The fourth-order valence-electron chi connectivity index (χ4n) is 2.41. The lowest BCUT2D eigenvalue weighted by molar-refractivity contribution is 0.0690. The van der Waals surface area contributed by atoms with Crippen LogP contribution in [0.3, 0.4) is 0 Å². The molecule has 1 fully saturated rings. The minimum atomic E-state index is -3.42. The third-order valence-corrected chi connectivity index (χ3v) is 7.32. The molecule has 1 aliphatic rings. The van der Waals surface area contributed by atoms with Gasteiger partial charge < -0.3 is 4.90 Å². The van der Waals surface area contributed by atoms with E-state index >= 15 is 0 Å². The number of hydrogen-bond acceptors (Lipinski definition) is 6. The Morgan fingerprint density at radius 1 is 1.21 bits per heavy atom. The van der Waals surface area contributed by atoms with Gasteiger partial charge in [-0.15, -0.1) is 11.3 Å². The number of thiophene rings is 1. The first-order valence-corrected chi connectivity index (χ1v) is 10.6. The molecule has 130 valence electrons. The summed E-state index contributed by atoms with van der Waals surface area (Å²) < 4.78 is 26.8. The third-order valence-electron chi connectivity index (χ3n) is 3.81. The molecule has 0 atom stereocenters.